The highest BCUT2D eigenvalue weighted by Gasteiger charge is 2.72. The summed E-state index contributed by atoms with van der Waals surface area (Å²) in [6.07, 6.45) is -1.18. The van der Waals surface area contributed by atoms with E-state index >= 15 is 0 Å². The Balaban J connectivity index is 1.75. The Morgan fingerprint density at radius 3 is 2.28 bits per heavy atom. The zero-order valence-corrected chi connectivity index (χ0v) is 19.7. The minimum absolute atomic E-state index is 0.0723. The van der Waals surface area contributed by atoms with E-state index in [-0.39, 0.29) is 23.0 Å². The monoisotopic (exact) mass is 486 g/mol. The summed E-state index contributed by atoms with van der Waals surface area (Å²) in [6, 6.07) is 4.42. The number of hydrogen-bond acceptors (Lipinski definition) is 6. The van der Waals surface area contributed by atoms with Crippen LogP contribution < -0.4 is 10.6 Å². The Labute approximate surface area is 195 Å². The quantitative estimate of drug-likeness (QED) is 0.451. The molecule has 32 heavy (non-hydrogen) atoms. The van der Waals surface area contributed by atoms with Crippen molar-refractivity contribution in [1.82, 2.24) is 10.6 Å². The van der Waals surface area contributed by atoms with Crippen LogP contribution in [0, 0.1) is 5.92 Å². The first-order valence-corrected chi connectivity index (χ1v) is 11.1. The molecule has 1 aromatic carbocycles. The molecule has 3 rings (SSSR count). The Morgan fingerprint density at radius 1 is 1.12 bits per heavy atom. The van der Waals surface area contributed by atoms with Crippen LogP contribution in [0.5, 0.6) is 0 Å². The van der Waals surface area contributed by atoms with Gasteiger partial charge in [0.25, 0.3) is 5.91 Å². The van der Waals surface area contributed by atoms with Gasteiger partial charge >= 0.3 is 18.7 Å². The molecule has 12 heteroatoms. The van der Waals surface area contributed by atoms with Gasteiger partial charge in [-0.15, -0.1) is 0 Å². The molecule has 2 N–H and O–H groups in total. The van der Waals surface area contributed by atoms with Gasteiger partial charge < -0.3 is 24.2 Å². The fourth-order valence-corrected chi connectivity index (χ4v) is 4.50. The van der Waals surface area contributed by atoms with E-state index in [2.05, 4.69) is 14.9 Å². The van der Waals surface area contributed by atoms with Gasteiger partial charge in [-0.3, -0.25) is 9.59 Å². The van der Waals surface area contributed by atoms with Crippen molar-refractivity contribution in [2.75, 3.05) is 6.54 Å². The SMILES string of the molecule is CC(C)C[C@H](NC(=O)CNC(=O)c1cc(Cl)ccc1Cl)[B-]12OC(=O)[C@@H](C)[O+]1[C@H](C)C(=O)O2. The lowest BCUT2D eigenvalue weighted by Crippen LogP contribution is -2.63. The van der Waals surface area contributed by atoms with Crippen LogP contribution in [0.25, 0.3) is 0 Å². The van der Waals surface area contributed by atoms with Gasteiger partial charge in [0.05, 0.1) is 23.1 Å². The molecule has 2 amide bonds. The number of carbonyl (C=O) groups is 4. The molecule has 0 bridgehead atoms. The molecule has 2 saturated heterocycles. The average molecular weight is 487 g/mol. The number of halogens is 2. The van der Waals surface area contributed by atoms with Gasteiger partial charge in [-0.05, 0) is 30.5 Å². The normalized spacial score (nSPS) is 22.8. The van der Waals surface area contributed by atoms with E-state index < -0.39 is 48.7 Å². The largest absolute Gasteiger partial charge is 0.706 e. The van der Waals surface area contributed by atoms with Crippen LogP contribution in [0.2, 0.25) is 10.0 Å². The van der Waals surface area contributed by atoms with Crippen LogP contribution in [0.1, 0.15) is 44.5 Å². The van der Waals surface area contributed by atoms with Gasteiger partial charge in [-0.25, -0.2) is 9.59 Å². The smallest absolute Gasteiger partial charge is 0.577 e. The van der Waals surface area contributed by atoms with Crippen molar-refractivity contribution in [2.45, 2.75) is 52.3 Å². The molecule has 0 aromatic heterocycles. The lowest BCUT2D eigenvalue weighted by atomic mass is 9.65. The number of amides is 2. The van der Waals surface area contributed by atoms with E-state index in [9.17, 15) is 19.2 Å². The van der Waals surface area contributed by atoms with Gasteiger partial charge in [0.1, 0.15) is 0 Å². The lowest BCUT2D eigenvalue weighted by molar-refractivity contribution is -0.154. The predicted octanol–water partition coefficient (Wildman–Crippen LogP) is 2.18. The molecule has 0 spiro atoms. The maximum Gasteiger partial charge on any atom is 0.706 e. The van der Waals surface area contributed by atoms with Crippen LogP contribution in [0.3, 0.4) is 0 Å². The molecular weight excluding hydrogens is 462 g/mol. The first-order chi connectivity index (χ1) is 15.0. The maximum absolute atomic E-state index is 12.7. The summed E-state index contributed by atoms with van der Waals surface area (Å²) in [5.41, 5.74) is 0.132. The molecule has 174 valence electrons. The second-order valence-corrected chi connectivity index (χ2v) is 9.22. The van der Waals surface area contributed by atoms with E-state index in [1.807, 2.05) is 13.8 Å². The molecule has 0 aliphatic carbocycles. The van der Waals surface area contributed by atoms with Crippen LogP contribution >= 0.6 is 23.2 Å². The van der Waals surface area contributed by atoms with Crippen molar-refractivity contribution in [3.63, 3.8) is 0 Å². The second-order valence-electron chi connectivity index (χ2n) is 8.37. The minimum Gasteiger partial charge on any atom is -0.577 e. The summed E-state index contributed by atoms with van der Waals surface area (Å²) in [5.74, 6) is -2.98. The highest BCUT2D eigenvalue weighted by molar-refractivity contribution is 6.70. The molecule has 0 radical (unpaired) electrons. The number of fused-ring (bicyclic) bond motifs is 1. The fourth-order valence-electron chi connectivity index (χ4n) is 4.12. The van der Waals surface area contributed by atoms with Gasteiger partial charge in [0.15, 0.2) is 0 Å². The highest BCUT2D eigenvalue weighted by Crippen LogP contribution is 2.42. The molecule has 1 aromatic rings. The summed E-state index contributed by atoms with van der Waals surface area (Å²) >= 11 is 11.9. The van der Waals surface area contributed by atoms with Crippen molar-refractivity contribution in [1.29, 1.82) is 0 Å². The lowest BCUT2D eigenvalue weighted by Gasteiger charge is -2.38. The third kappa shape index (κ3) is 4.58. The van der Waals surface area contributed by atoms with Gasteiger partial charge in [-0.2, -0.15) is 0 Å². The van der Waals surface area contributed by atoms with Crippen molar-refractivity contribution < 1.29 is 32.8 Å². The summed E-state index contributed by atoms with van der Waals surface area (Å²) in [6.45, 7) is 4.01. The molecule has 9 nitrogen and oxygen atoms in total. The number of nitrogens with one attached hydrogen (secondary N) is 2. The number of benzene rings is 1. The predicted molar refractivity (Wildman–Crippen MR) is 118 cm³/mol. The molecular formula is C20H25BCl2N2O7. The summed E-state index contributed by atoms with van der Waals surface area (Å²) in [4.78, 5) is 49.7. The van der Waals surface area contributed by atoms with E-state index in [1.165, 1.54) is 12.1 Å². The van der Waals surface area contributed by atoms with Crippen LogP contribution in [0.4, 0.5) is 0 Å². The zero-order valence-electron chi connectivity index (χ0n) is 18.1. The van der Waals surface area contributed by atoms with Crippen molar-refractivity contribution in [2.24, 2.45) is 5.92 Å². The number of hydrogen-bond donors (Lipinski definition) is 2. The Hall–Kier alpha value is -2.30. The zero-order chi connectivity index (χ0) is 23.8. The third-order valence-corrected chi connectivity index (χ3v) is 6.13. The third-order valence-electron chi connectivity index (χ3n) is 5.57. The van der Waals surface area contributed by atoms with Crippen molar-refractivity contribution >= 4 is 53.7 Å². The van der Waals surface area contributed by atoms with E-state index in [0.717, 1.165) is 0 Å². The average Bonchev–Trinajstić information content (AvgIpc) is 3.11. The fraction of sp³-hybridized carbons (Fsp3) is 0.500. The molecule has 0 unspecified atom stereocenters. The second kappa shape index (κ2) is 9.29. The summed E-state index contributed by atoms with van der Waals surface area (Å²) in [5, 5.41) is 5.77. The van der Waals surface area contributed by atoms with E-state index in [1.54, 1.807) is 19.9 Å². The molecule has 2 aliphatic heterocycles. The summed E-state index contributed by atoms with van der Waals surface area (Å²) < 4.78 is 13.7. The molecule has 2 fully saturated rings. The number of rotatable bonds is 7. The van der Waals surface area contributed by atoms with E-state index in [0.29, 0.717) is 11.4 Å². The molecule has 2 aliphatic rings. The van der Waals surface area contributed by atoms with Gasteiger partial charge in [0, 0.05) is 18.9 Å². The minimum atomic E-state index is -2.65. The van der Waals surface area contributed by atoms with Crippen molar-refractivity contribution in [3.8, 4) is 0 Å². The van der Waals surface area contributed by atoms with Crippen LogP contribution in [0.15, 0.2) is 18.2 Å². The number of carbonyl (C=O) groups excluding carboxylic acids is 4. The first kappa shape index (κ1) is 24.3. The standard InChI is InChI=1S/C20H25BCl2N2O7/c1-10(2)7-16(21-30-19(28)11(3)32(21)12(4)20(29)31-21)25-17(26)9-24-18(27)14-8-13(22)5-6-15(14)23/h5-6,8,10-12,16H,7,9H2,1-4H3,(H,24,27)(H,25,26)/t11-,12-,16+/m1/s1. The molecule has 2 heterocycles. The summed E-state index contributed by atoms with van der Waals surface area (Å²) in [7, 11) is 0. The Bertz CT molecular complexity index is 934. The van der Waals surface area contributed by atoms with Crippen LogP contribution in [-0.2, 0) is 28.0 Å². The first-order valence-electron chi connectivity index (χ1n) is 10.3. The molecule has 3 atom stereocenters. The maximum atomic E-state index is 12.7. The van der Waals surface area contributed by atoms with Gasteiger partial charge in [-0.1, -0.05) is 37.0 Å². The topological polar surface area (TPSA) is 114 Å². The Morgan fingerprint density at radius 2 is 1.72 bits per heavy atom. The molecule has 0 saturated carbocycles. The van der Waals surface area contributed by atoms with Crippen molar-refractivity contribution in [3.05, 3.63) is 33.8 Å². The van der Waals surface area contributed by atoms with E-state index in [4.69, 9.17) is 32.5 Å². The van der Waals surface area contributed by atoms with Crippen LogP contribution in [-0.4, -0.2) is 55.2 Å². The Kier molecular flexibility index (Phi) is 7.07. The highest BCUT2D eigenvalue weighted by atomic mass is 35.5. The van der Waals surface area contributed by atoms with Gasteiger partial charge in [0.2, 0.25) is 18.1 Å².